The maximum Gasteiger partial charge on any atom is 0.146 e. The van der Waals surface area contributed by atoms with Crippen LogP contribution in [-0.4, -0.2) is 18.1 Å². The number of pyridine rings is 1. The van der Waals surface area contributed by atoms with Crippen LogP contribution in [0, 0.1) is 5.82 Å². The van der Waals surface area contributed by atoms with Crippen molar-refractivity contribution < 1.29 is 9.13 Å². The quantitative estimate of drug-likeness (QED) is 0.916. The van der Waals surface area contributed by atoms with Gasteiger partial charge in [0.2, 0.25) is 0 Å². The first-order valence-electron chi connectivity index (χ1n) is 7.39. The number of hydrogen-bond acceptors (Lipinski definition) is 3. The third-order valence-corrected chi connectivity index (χ3v) is 3.71. The highest BCUT2D eigenvalue weighted by Crippen LogP contribution is 2.36. The second-order valence-corrected chi connectivity index (χ2v) is 5.19. The molecular weight excluding hydrogens is 267 g/mol. The lowest BCUT2D eigenvalue weighted by Gasteiger charge is -2.21. The highest BCUT2D eigenvalue weighted by Gasteiger charge is 2.25. The van der Waals surface area contributed by atoms with E-state index < -0.39 is 0 Å². The Morgan fingerprint density at radius 3 is 3.05 bits per heavy atom. The molecule has 1 atom stereocenters. The van der Waals surface area contributed by atoms with Crippen molar-refractivity contribution in [2.45, 2.75) is 25.8 Å². The van der Waals surface area contributed by atoms with Crippen molar-refractivity contribution in [1.82, 2.24) is 10.3 Å². The third kappa shape index (κ3) is 2.76. The summed E-state index contributed by atoms with van der Waals surface area (Å²) in [5, 5.41) is 3.39. The first-order chi connectivity index (χ1) is 10.3. The van der Waals surface area contributed by atoms with Gasteiger partial charge in [0.25, 0.3) is 0 Å². The standard InChI is InChI=1S/C17H19FN2O/c1-2-9-19-15(16-14(18)7-4-10-20-16)13-6-3-5-12-8-11-21-17(12)13/h3-7,10,15,19H,2,8-9,11H2,1H3. The summed E-state index contributed by atoms with van der Waals surface area (Å²) in [5.41, 5.74) is 2.58. The molecule has 4 heteroatoms. The molecule has 0 fully saturated rings. The maximum absolute atomic E-state index is 14.2. The second kappa shape index (κ2) is 6.22. The van der Waals surface area contributed by atoms with Crippen LogP contribution in [0.4, 0.5) is 4.39 Å². The predicted octanol–water partition coefficient (Wildman–Crippen LogP) is 3.24. The Morgan fingerprint density at radius 1 is 1.33 bits per heavy atom. The van der Waals surface area contributed by atoms with E-state index in [1.54, 1.807) is 12.3 Å². The van der Waals surface area contributed by atoms with Gasteiger partial charge in [-0.3, -0.25) is 4.98 Å². The van der Waals surface area contributed by atoms with Gasteiger partial charge in [0.05, 0.1) is 18.3 Å². The summed E-state index contributed by atoms with van der Waals surface area (Å²) in [4.78, 5) is 4.24. The Hall–Kier alpha value is -1.94. The lowest BCUT2D eigenvalue weighted by Crippen LogP contribution is -2.25. The fourth-order valence-electron chi connectivity index (χ4n) is 2.72. The molecule has 1 N–H and O–H groups in total. The highest BCUT2D eigenvalue weighted by atomic mass is 19.1. The molecule has 0 saturated heterocycles. The number of ether oxygens (including phenoxy) is 1. The summed E-state index contributed by atoms with van der Waals surface area (Å²) < 4.78 is 19.9. The molecule has 0 radical (unpaired) electrons. The molecule has 1 aliphatic heterocycles. The van der Waals surface area contributed by atoms with Crippen LogP contribution in [0.3, 0.4) is 0 Å². The fourth-order valence-corrected chi connectivity index (χ4v) is 2.72. The topological polar surface area (TPSA) is 34.1 Å². The van der Waals surface area contributed by atoms with E-state index in [4.69, 9.17) is 4.74 Å². The van der Waals surface area contributed by atoms with Gasteiger partial charge in [-0.15, -0.1) is 0 Å². The Labute approximate surface area is 124 Å². The largest absolute Gasteiger partial charge is 0.493 e. The van der Waals surface area contributed by atoms with Gasteiger partial charge in [-0.1, -0.05) is 25.1 Å². The molecule has 1 unspecified atom stereocenters. The summed E-state index contributed by atoms with van der Waals surface area (Å²) >= 11 is 0. The number of aromatic nitrogens is 1. The summed E-state index contributed by atoms with van der Waals surface area (Å²) in [6, 6.07) is 8.85. The molecule has 2 heterocycles. The molecule has 1 aromatic carbocycles. The first-order valence-corrected chi connectivity index (χ1v) is 7.39. The fraction of sp³-hybridized carbons (Fsp3) is 0.353. The lowest BCUT2D eigenvalue weighted by atomic mass is 9.98. The molecular formula is C17H19FN2O. The summed E-state index contributed by atoms with van der Waals surface area (Å²) in [5.74, 6) is 0.595. The first kappa shape index (κ1) is 14.0. The van der Waals surface area contributed by atoms with Crippen LogP contribution in [0.2, 0.25) is 0 Å². The zero-order chi connectivity index (χ0) is 14.7. The van der Waals surface area contributed by atoms with E-state index in [2.05, 4.69) is 23.3 Å². The minimum absolute atomic E-state index is 0.279. The molecule has 1 aliphatic rings. The zero-order valence-corrected chi connectivity index (χ0v) is 12.1. The molecule has 1 aromatic heterocycles. The Balaban J connectivity index is 2.04. The number of nitrogens with zero attached hydrogens (tertiary/aromatic N) is 1. The van der Waals surface area contributed by atoms with Crippen molar-refractivity contribution in [3.63, 3.8) is 0 Å². The van der Waals surface area contributed by atoms with E-state index >= 15 is 0 Å². The minimum atomic E-state index is -0.290. The summed E-state index contributed by atoms with van der Waals surface area (Å²) in [6.07, 6.45) is 3.51. The van der Waals surface area contributed by atoms with Crippen LogP contribution in [0.25, 0.3) is 0 Å². The minimum Gasteiger partial charge on any atom is -0.493 e. The van der Waals surface area contributed by atoms with Crippen LogP contribution in [0.5, 0.6) is 5.75 Å². The van der Waals surface area contributed by atoms with Crippen LogP contribution >= 0.6 is 0 Å². The van der Waals surface area contributed by atoms with E-state index in [1.165, 1.54) is 11.6 Å². The highest BCUT2D eigenvalue weighted by molar-refractivity contribution is 5.48. The number of fused-ring (bicyclic) bond motifs is 1. The van der Waals surface area contributed by atoms with Crippen molar-refractivity contribution in [2.24, 2.45) is 0 Å². The molecule has 0 saturated carbocycles. The monoisotopic (exact) mass is 286 g/mol. The summed E-state index contributed by atoms with van der Waals surface area (Å²) in [7, 11) is 0. The van der Waals surface area contributed by atoms with Gasteiger partial charge in [-0.05, 0) is 30.7 Å². The Kier molecular flexibility index (Phi) is 4.15. The van der Waals surface area contributed by atoms with Gasteiger partial charge in [-0.25, -0.2) is 4.39 Å². The third-order valence-electron chi connectivity index (χ3n) is 3.71. The van der Waals surface area contributed by atoms with E-state index in [1.807, 2.05) is 12.1 Å². The Morgan fingerprint density at radius 2 is 2.24 bits per heavy atom. The van der Waals surface area contributed by atoms with E-state index in [9.17, 15) is 4.39 Å². The van der Waals surface area contributed by atoms with Gasteiger partial charge in [0.15, 0.2) is 0 Å². The van der Waals surface area contributed by atoms with Crippen LogP contribution in [-0.2, 0) is 6.42 Å². The molecule has 0 amide bonds. The van der Waals surface area contributed by atoms with Crippen molar-refractivity contribution in [2.75, 3.05) is 13.2 Å². The number of halogens is 1. The number of benzene rings is 1. The van der Waals surface area contributed by atoms with Crippen molar-refractivity contribution >= 4 is 0 Å². The SMILES string of the molecule is CCCNC(c1cccc2c1OCC2)c1ncccc1F. The van der Waals surface area contributed by atoms with Crippen molar-refractivity contribution in [3.05, 3.63) is 59.2 Å². The number of nitrogens with one attached hydrogen (secondary N) is 1. The van der Waals surface area contributed by atoms with Crippen LogP contribution in [0.1, 0.15) is 36.2 Å². The van der Waals surface area contributed by atoms with Gasteiger partial charge in [0, 0.05) is 18.2 Å². The van der Waals surface area contributed by atoms with Gasteiger partial charge in [-0.2, -0.15) is 0 Å². The van der Waals surface area contributed by atoms with Gasteiger partial charge >= 0.3 is 0 Å². The molecule has 3 nitrogen and oxygen atoms in total. The van der Waals surface area contributed by atoms with E-state index in [0.717, 1.165) is 30.7 Å². The molecule has 3 rings (SSSR count). The van der Waals surface area contributed by atoms with Gasteiger partial charge in [0.1, 0.15) is 11.6 Å². The lowest BCUT2D eigenvalue weighted by molar-refractivity contribution is 0.349. The van der Waals surface area contributed by atoms with Crippen molar-refractivity contribution in [3.8, 4) is 5.75 Å². The maximum atomic E-state index is 14.2. The molecule has 0 aliphatic carbocycles. The molecule has 0 bridgehead atoms. The number of rotatable bonds is 5. The molecule has 2 aromatic rings. The number of para-hydroxylation sites is 1. The molecule has 0 spiro atoms. The van der Waals surface area contributed by atoms with Crippen LogP contribution in [0.15, 0.2) is 36.5 Å². The number of hydrogen-bond donors (Lipinski definition) is 1. The van der Waals surface area contributed by atoms with E-state index in [0.29, 0.717) is 12.3 Å². The molecule has 21 heavy (non-hydrogen) atoms. The molecule has 110 valence electrons. The average Bonchev–Trinajstić information content (AvgIpc) is 2.98. The predicted molar refractivity (Wildman–Crippen MR) is 80.0 cm³/mol. The summed E-state index contributed by atoms with van der Waals surface area (Å²) in [6.45, 7) is 3.58. The van der Waals surface area contributed by atoms with Gasteiger partial charge < -0.3 is 10.1 Å². The van der Waals surface area contributed by atoms with Crippen LogP contribution < -0.4 is 10.1 Å². The van der Waals surface area contributed by atoms with E-state index in [-0.39, 0.29) is 11.9 Å². The average molecular weight is 286 g/mol. The smallest absolute Gasteiger partial charge is 0.146 e. The van der Waals surface area contributed by atoms with Crippen molar-refractivity contribution in [1.29, 1.82) is 0 Å². The normalized spacial score (nSPS) is 14.6. The zero-order valence-electron chi connectivity index (χ0n) is 12.1. The Bertz CT molecular complexity index is 630. The second-order valence-electron chi connectivity index (χ2n) is 5.19.